The number of rotatable bonds is 5. The molecule has 0 fully saturated rings. The molecule has 0 aliphatic rings. The van der Waals surface area contributed by atoms with Crippen LogP contribution >= 0.6 is 11.6 Å². The highest BCUT2D eigenvalue weighted by Crippen LogP contribution is 2.12. The van der Waals surface area contributed by atoms with Crippen LogP contribution in [0, 0.1) is 0 Å². The van der Waals surface area contributed by atoms with Gasteiger partial charge in [-0.1, -0.05) is 48.0 Å². The highest BCUT2D eigenvalue weighted by Gasteiger charge is 2.02. The van der Waals surface area contributed by atoms with Crippen molar-refractivity contribution in [2.45, 2.75) is 19.9 Å². The summed E-state index contributed by atoms with van der Waals surface area (Å²) in [5, 5.41) is 6.30. The molecule has 0 spiro atoms. The molecule has 0 aromatic heterocycles. The molecule has 2 aromatic carbocycles. The maximum Gasteiger partial charge on any atom is 0.319 e. The molecular formula is C18H19ClN2O. The number of hydrogen-bond donors (Lipinski definition) is 2. The van der Waals surface area contributed by atoms with E-state index in [1.165, 1.54) is 5.56 Å². The topological polar surface area (TPSA) is 41.1 Å². The molecule has 0 aliphatic heterocycles. The van der Waals surface area contributed by atoms with Crippen LogP contribution < -0.4 is 10.6 Å². The zero-order valence-electron chi connectivity index (χ0n) is 12.5. The first-order chi connectivity index (χ1) is 10.5. The summed E-state index contributed by atoms with van der Waals surface area (Å²) in [4.78, 5) is 11.9. The van der Waals surface area contributed by atoms with Gasteiger partial charge in [-0.25, -0.2) is 4.79 Å². The van der Waals surface area contributed by atoms with Crippen LogP contribution in [-0.2, 0) is 13.0 Å². The number of amides is 2. The lowest BCUT2D eigenvalue weighted by Gasteiger charge is -2.09. The lowest BCUT2D eigenvalue weighted by atomic mass is 10.1. The molecule has 0 bridgehead atoms. The average molecular weight is 315 g/mol. The smallest absolute Gasteiger partial charge is 0.319 e. The first-order valence-corrected chi connectivity index (χ1v) is 7.43. The summed E-state index contributed by atoms with van der Waals surface area (Å²) in [5.41, 5.74) is 4.05. The van der Waals surface area contributed by atoms with E-state index >= 15 is 0 Å². The second-order valence-electron chi connectivity index (χ2n) is 5.26. The first kappa shape index (κ1) is 16.1. The van der Waals surface area contributed by atoms with Crippen LogP contribution in [0.5, 0.6) is 0 Å². The van der Waals surface area contributed by atoms with Crippen LogP contribution in [0.25, 0.3) is 0 Å². The van der Waals surface area contributed by atoms with Gasteiger partial charge in [-0.15, -0.1) is 0 Å². The normalized spacial score (nSPS) is 10.1. The van der Waals surface area contributed by atoms with Crippen LogP contribution in [0.4, 0.5) is 10.5 Å². The fourth-order valence-corrected chi connectivity index (χ4v) is 2.14. The van der Waals surface area contributed by atoms with Crippen molar-refractivity contribution in [1.29, 1.82) is 0 Å². The summed E-state index contributed by atoms with van der Waals surface area (Å²) in [6, 6.07) is 14.9. The quantitative estimate of drug-likeness (QED) is 0.766. The Morgan fingerprint density at radius 2 is 1.64 bits per heavy atom. The zero-order chi connectivity index (χ0) is 15.9. The standard InChI is InChI=1S/C18H19ClN2O/c1-13(2)11-14-5-9-17(10-6-14)21-18(22)20-12-15-3-7-16(19)8-4-15/h3-10H,1,11-12H2,2H3,(H2,20,21,22). The summed E-state index contributed by atoms with van der Waals surface area (Å²) in [6.45, 7) is 6.34. The number of allylic oxidation sites excluding steroid dienone is 1. The molecule has 0 radical (unpaired) electrons. The van der Waals surface area contributed by atoms with E-state index in [0.717, 1.165) is 23.2 Å². The Balaban J connectivity index is 1.83. The van der Waals surface area contributed by atoms with Gasteiger partial charge in [0.1, 0.15) is 0 Å². The Labute approximate surface area is 136 Å². The van der Waals surface area contributed by atoms with Gasteiger partial charge < -0.3 is 10.6 Å². The summed E-state index contributed by atoms with van der Waals surface area (Å²) in [5.74, 6) is 0. The van der Waals surface area contributed by atoms with E-state index in [0.29, 0.717) is 11.6 Å². The minimum atomic E-state index is -0.234. The van der Waals surface area contributed by atoms with Gasteiger partial charge in [-0.2, -0.15) is 0 Å². The van der Waals surface area contributed by atoms with Gasteiger partial charge >= 0.3 is 6.03 Å². The van der Waals surface area contributed by atoms with E-state index in [4.69, 9.17) is 11.6 Å². The van der Waals surface area contributed by atoms with Gasteiger partial charge in [0.25, 0.3) is 0 Å². The molecule has 0 saturated carbocycles. The Morgan fingerprint density at radius 1 is 1.05 bits per heavy atom. The number of carbonyl (C=O) groups excluding carboxylic acids is 1. The molecule has 2 rings (SSSR count). The third-order valence-corrected chi connectivity index (χ3v) is 3.34. The molecule has 0 aliphatic carbocycles. The van der Waals surface area contributed by atoms with Crippen molar-refractivity contribution in [2.24, 2.45) is 0 Å². The van der Waals surface area contributed by atoms with Crippen molar-refractivity contribution in [1.82, 2.24) is 5.32 Å². The number of nitrogens with one attached hydrogen (secondary N) is 2. The average Bonchev–Trinajstić information content (AvgIpc) is 2.48. The Morgan fingerprint density at radius 3 is 2.23 bits per heavy atom. The molecule has 0 atom stereocenters. The van der Waals surface area contributed by atoms with Crippen molar-refractivity contribution in [2.75, 3.05) is 5.32 Å². The van der Waals surface area contributed by atoms with Crippen LogP contribution in [0.2, 0.25) is 5.02 Å². The number of carbonyl (C=O) groups is 1. The van der Waals surface area contributed by atoms with Crippen LogP contribution in [-0.4, -0.2) is 6.03 Å². The van der Waals surface area contributed by atoms with E-state index in [1.807, 2.05) is 43.3 Å². The monoisotopic (exact) mass is 314 g/mol. The third kappa shape index (κ3) is 5.26. The second kappa shape index (κ2) is 7.66. The van der Waals surface area contributed by atoms with E-state index < -0.39 is 0 Å². The fraction of sp³-hybridized carbons (Fsp3) is 0.167. The van der Waals surface area contributed by atoms with Gasteiger partial charge in [-0.3, -0.25) is 0 Å². The van der Waals surface area contributed by atoms with Crippen molar-refractivity contribution in [3.63, 3.8) is 0 Å². The molecule has 0 heterocycles. The maximum atomic E-state index is 11.9. The molecule has 3 nitrogen and oxygen atoms in total. The number of halogens is 1. The molecule has 2 aromatic rings. The zero-order valence-corrected chi connectivity index (χ0v) is 13.3. The molecule has 2 amide bonds. The van der Waals surface area contributed by atoms with Gasteiger partial charge in [0.2, 0.25) is 0 Å². The number of urea groups is 1. The molecular weight excluding hydrogens is 296 g/mol. The number of hydrogen-bond acceptors (Lipinski definition) is 1. The Bertz CT molecular complexity index is 648. The summed E-state index contributed by atoms with van der Waals surface area (Å²) < 4.78 is 0. The van der Waals surface area contributed by atoms with E-state index in [1.54, 1.807) is 12.1 Å². The molecule has 0 unspecified atom stereocenters. The highest BCUT2D eigenvalue weighted by atomic mass is 35.5. The third-order valence-electron chi connectivity index (χ3n) is 3.08. The van der Waals surface area contributed by atoms with E-state index in [9.17, 15) is 4.79 Å². The SMILES string of the molecule is C=C(C)Cc1ccc(NC(=O)NCc2ccc(Cl)cc2)cc1. The molecule has 22 heavy (non-hydrogen) atoms. The first-order valence-electron chi connectivity index (χ1n) is 7.05. The second-order valence-corrected chi connectivity index (χ2v) is 5.70. The van der Waals surface area contributed by atoms with E-state index in [-0.39, 0.29) is 6.03 Å². The summed E-state index contributed by atoms with van der Waals surface area (Å²) in [7, 11) is 0. The number of benzene rings is 2. The maximum absolute atomic E-state index is 11.9. The minimum absolute atomic E-state index is 0.234. The van der Waals surface area contributed by atoms with Crippen LogP contribution in [0.3, 0.4) is 0 Å². The summed E-state index contributed by atoms with van der Waals surface area (Å²) in [6.07, 6.45) is 0.850. The highest BCUT2D eigenvalue weighted by molar-refractivity contribution is 6.30. The van der Waals surface area contributed by atoms with Gasteiger partial charge in [0.15, 0.2) is 0 Å². The van der Waals surface area contributed by atoms with Gasteiger partial charge in [-0.05, 0) is 48.7 Å². The predicted octanol–water partition coefficient (Wildman–Crippen LogP) is 4.78. The number of anilines is 1. The fourth-order valence-electron chi connectivity index (χ4n) is 2.01. The van der Waals surface area contributed by atoms with Crippen molar-refractivity contribution in [3.05, 3.63) is 76.8 Å². The van der Waals surface area contributed by atoms with Crippen molar-refractivity contribution >= 4 is 23.3 Å². The lowest BCUT2D eigenvalue weighted by molar-refractivity contribution is 0.251. The minimum Gasteiger partial charge on any atom is -0.334 e. The Hall–Kier alpha value is -2.26. The van der Waals surface area contributed by atoms with Crippen molar-refractivity contribution in [3.8, 4) is 0 Å². The largest absolute Gasteiger partial charge is 0.334 e. The molecule has 114 valence electrons. The van der Waals surface area contributed by atoms with Crippen LogP contribution in [0.1, 0.15) is 18.1 Å². The van der Waals surface area contributed by atoms with E-state index in [2.05, 4.69) is 17.2 Å². The van der Waals surface area contributed by atoms with Crippen molar-refractivity contribution < 1.29 is 4.79 Å². The molecule has 0 saturated heterocycles. The van der Waals surface area contributed by atoms with Crippen LogP contribution in [0.15, 0.2) is 60.7 Å². The summed E-state index contributed by atoms with van der Waals surface area (Å²) >= 11 is 5.82. The lowest BCUT2D eigenvalue weighted by Crippen LogP contribution is -2.28. The van der Waals surface area contributed by atoms with Gasteiger partial charge in [0.05, 0.1) is 0 Å². The molecule has 4 heteroatoms. The van der Waals surface area contributed by atoms with Gasteiger partial charge in [0, 0.05) is 17.3 Å². The Kier molecular flexibility index (Phi) is 5.61. The molecule has 2 N–H and O–H groups in total. The predicted molar refractivity (Wildman–Crippen MR) is 92.3 cm³/mol.